The number of rotatable bonds is 9. The van der Waals surface area contributed by atoms with Crippen molar-refractivity contribution < 1.29 is 24.3 Å². The molecule has 0 saturated carbocycles. The van der Waals surface area contributed by atoms with Crippen LogP contribution in [0.3, 0.4) is 0 Å². The minimum atomic E-state index is -0.969. The van der Waals surface area contributed by atoms with Crippen molar-refractivity contribution in [1.82, 2.24) is 10.6 Å². The number of carbonyl (C=O) groups excluding carboxylic acids is 3. The summed E-state index contributed by atoms with van der Waals surface area (Å²) in [7, 11) is 0. The number of carboxylic acid groups (broad SMARTS) is 1. The first-order valence-electron chi connectivity index (χ1n) is 5.87. The van der Waals surface area contributed by atoms with Gasteiger partial charge >= 0.3 is 5.97 Å². The van der Waals surface area contributed by atoms with Crippen molar-refractivity contribution >= 4 is 23.7 Å². The molecule has 0 aliphatic rings. The van der Waals surface area contributed by atoms with Gasteiger partial charge in [0.25, 0.3) is 0 Å². The van der Waals surface area contributed by atoms with Crippen LogP contribution in [0.15, 0.2) is 0 Å². The monoisotopic (exact) mass is 273 g/mol. The molecule has 0 aliphatic carbocycles. The lowest BCUT2D eigenvalue weighted by molar-refractivity contribution is -0.137. The number of primary amides is 1. The lowest BCUT2D eigenvalue weighted by Gasteiger charge is -2.11. The number of nitrogens with two attached hydrogens (primary N) is 1. The zero-order valence-electron chi connectivity index (χ0n) is 10.8. The number of carbonyl (C=O) groups is 4. The average molecular weight is 273 g/mol. The van der Waals surface area contributed by atoms with Crippen LogP contribution in [0, 0.1) is 5.92 Å². The second-order valence-electron chi connectivity index (χ2n) is 4.12. The minimum Gasteiger partial charge on any atom is -0.481 e. The lowest BCUT2D eigenvalue weighted by Crippen LogP contribution is -2.40. The molecule has 0 rings (SSSR count). The summed E-state index contributed by atoms with van der Waals surface area (Å²) in [6.07, 6.45) is 0.151. The fraction of sp³-hybridized carbons (Fsp3) is 0.636. The van der Waals surface area contributed by atoms with Gasteiger partial charge in [-0.2, -0.15) is 0 Å². The number of hydrogen-bond donors (Lipinski definition) is 4. The third-order valence-corrected chi connectivity index (χ3v) is 2.36. The van der Waals surface area contributed by atoms with E-state index >= 15 is 0 Å². The zero-order chi connectivity index (χ0) is 14.8. The van der Waals surface area contributed by atoms with Crippen LogP contribution in [-0.4, -0.2) is 41.9 Å². The molecule has 0 aliphatic heterocycles. The molecular formula is C11H19N3O5. The summed E-state index contributed by atoms with van der Waals surface area (Å²) in [5.41, 5.74) is 4.89. The normalized spacial score (nSPS) is 11.4. The summed E-state index contributed by atoms with van der Waals surface area (Å²) in [5, 5.41) is 13.3. The van der Waals surface area contributed by atoms with E-state index in [0.29, 0.717) is 0 Å². The van der Waals surface area contributed by atoms with Gasteiger partial charge in [0.15, 0.2) is 0 Å². The van der Waals surface area contributed by atoms with Crippen LogP contribution in [-0.2, 0) is 19.2 Å². The Bertz CT molecular complexity index is 356. The maximum Gasteiger partial charge on any atom is 0.303 e. The van der Waals surface area contributed by atoms with E-state index in [2.05, 4.69) is 10.6 Å². The quantitative estimate of drug-likeness (QED) is 0.409. The summed E-state index contributed by atoms with van der Waals surface area (Å²) in [5.74, 6) is -2.78. The molecule has 3 amide bonds. The Morgan fingerprint density at radius 3 is 2.32 bits per heavy atom. The molecule has 0 heterocycles. The Balaban J connectivity index is 3.79. The highest BCUT2D eigenvalue weighted by molar-refractivity contribution is 5.86. The molecule has 8 heteroatoms. The van der Waals surface area contributed by atoms with Gasteiger partial charge in [-0.25, -0.2) is 0 Å². The van der Waals surface area contributed by atoms with E-state index in [0.717, 1.165) is 0 Å². The van der Waals surface area contributed by atoms with Gasteiger partial charge in [0.05, 0.1) is 6.54 Å². The van der Waals surface area contributed by atoms with E-state index in [1.54, 1.807) is 6.92 Å². The first kappa shape index (κ1) is 16.9. The number of carboxylic acids is 1. The molecule has 8 nitrogen and oxygen atoms in total. The molecule has 0 unspecified atom stereocenters. The zero-order valence-corrected chi connectivity index (χ0v) is 10.8. The van der Waals surface area contributed by atoms with E-state index in [9.17, 15) is 19.2 Å². The highest BCUT2D eigenvalue weighted by Gasteiger charge is 2.14. The van der Waals surface area contributed by atoms with E-state index in [1.807, 2.05) is 0 Å². The smallest absolute Gasteiger partial charge is 0.303 e. The van der Waals surface area contributed by atoms with Gasteiger partial charge in [-0.15, -0.1) is 0 Å². The number of aliphatic carboxylic acids is 1. The lowest BCUT2D eigenvalue weighted by atomic mass is 10.1. The molecule has 1 atom stereocenters. The summed E-state index contributed by atoms with van der Waals surface area (Å²) >= 11 is 0. The minimum absolute atomic E-state index is 0.0364. The largest absolute Gasteiger partial charge is 0.481 e. The average Bonchev–Trinajstić information content (AvgIpc) is 2.32. The van der Waals surface area contributed by atoms with Crippen LogP contribution < -0.4 is 16.4 Å². The first-order chi connectivity index (χ1) is 8.82. The van der Waals surface area contributed by atoms with Crippen LogP contribution in [0.1, 0.15) is 26.2 Å². The third-order valence-electron chi connectivity index (χ3n) is 2.36. The Morgan fingerprint density at radius 2 is 1.79 bits per heavy atom. The molecule has 0 bridgehead atoms. The van der Waals surface area contributed by atoms with Gasteiger partial charge in [0.2, 0.25) is 17.7 Å². The molecule has 0 radical (unpaired) electrons. The second kappa shape index (κ2) is 8.90. The number of nitrogens with one attached hydrogen (secondary N) is 2. The molecular weight excluding hydrogens is 254 g/mol. The van der Waals surface area contributed by atoms with Crippen LogP contribution in [0.2, 0.25) is 0 Å². The predicted octanol–water partition coefficient (Wildman–Crippen LogP) is -1.40. The highest BCUT2D eigenvalue weighted by atomic mass is 16.4. The van der Waals surface area contributed by atoms with Crippen molar-refractivity contribution in [3.8, 4) is 0 Å². The molecule has 5 N–H and O–H groups in total. The fourth-order valence-corrected chi connectivity index (χ4v) is 1.20. The van der Waals surface area contributed by atoms with Crippen molar-refractivity contribution in [1.29, 1.82) is 0 Å². The topological polar surface area (TPSA) is 139 Å². The molecule has 0 aromatic heterocycles. The van der Waals surface area contributed by atoms with E-state index < -0.39 is 23.7 Å². The molecule has 0 saturated heterocycles. The molecule has 0 spiro atoms. The van der Waals surface area contributed by atoms with E-state index in [1.165, 1.54) is 0 Å². The van der Waals surface area contributed by atoms with Crippen molar-refractivity contribution in [2.24, 2.45) is 11.7 Å². The predicted molar refractivity (Wildman–Crippen MR) is 65.9 cm³/mol. The standard InChI is InChI=1S/C11H19N3O5/c1-7(2-3-10(17)18)11(19)14-6-9(16)13-5-4-8(12)15/h7H,2-6H2,1H3,(H2,12,15)(H,13,16)(H,14,19)(H,17,18)/t7-/m0/s1. The van der Waals surface area contributed by atoms with Crippen molar-refractivity contribution in [2.75, 3.05) is 13.1 Å². The fourth-order valence-electron chi connectivity index (χ4n) is 1.20. The maximum atomic E-state index is 11.5. The molecule has 108 valence electrons. The van der Waals surface area contributed by atoms with Crippen LogP contribution in [0.5, 0.6) is 0 Å². The van der Waals surface area contributed by atoms with Crippen LogP contribution in [0.4, 0.5) is 0 Å². The Morgan fingerprint density at radius 1 is 1.16 bits per heavy atom. The maximum absolute atomic E-state index is 11.5. The Labute approximate surface area is 110 Å². The highest BCUT2D eigenvalue weighted by Crippen LogP contribution is 2.04. The Hall–Kier alpha value is -2.12. The Kier molecular flexibility index (Phi) is 7.90. The van der Waals surface area contributed by atoms with Gasteiger partial charge in [0.1, 0.15) is 0 Å². The molecule has 0 fully saturated rings. The third kappa shape index (κ3) is 9.57. The van der Waals surface area contributed by atoms with Gasteiger partial charge in [-0.1, -0.05) is 6.92 Å². The molecule has 0 aromatic carbocycles. The van der Waals surface area contributed by atoms with Gasteiger partial charge in [-0.3, -0.25) is 19.2 Å². The summed E-state index contributed by atoms with van der Waals surface area (Å²) in [6, 6.07) is 0. The van der Waals surface area contributed by atoms with Crippen LogP contribution >= 0.6 is 0 Å². The summed E-state index contributed by atoms with van der Waals surface area (Å²) < 4.78 is 0. The molecule has 19 heavy (non-hydrogen) atoms. The first-order valence-corrected chi connectivity index (χ1v) is 5.87. The summed E-state index contributed by atoms with van der Waals surface area (Å²) in [6.45, 7) is 1.50. The van der Waals surface area contributed by atoms with Crippen molar-refractivity contribution in [3.05, 3.63) is 0 Å². The van der Waals surface area contributed by atoms with Crippen molar-refractivity contribution in [2.45, 2.75) is 26.2 Å². The van der Waals surface area contributed by atoms with Gasteiger partial charge in [0, 0.05) is 25.3 Å². The number of amides is 3. The van der Waals surface area contributed by atoms with Gasteiger partial charge in [-0.05, 0) is 6.42 Å². The second-order valence-corrected chi connectivity index (χ2v) is 4.12. The molecule has 0 aromatic rings. The van der Waals surface area contributed by atoms with E-state index in [-0.39, 0.29) is 38.3 Å². The van der Waals surface area contributed by atoms with Gasteiger partial charge < -0.3 is 21.5 Å². The number of hydrogen-bond acceptors (Lipinski definition) is 4. The SMILES string of the molecule is C[C@@H](CCC(=O)O)C(=O)NCC(=O)NCCC(N)=O. The summed E-state index contributed by atoms with van der Waals surface area (Å²) in [4.78, 5) is 43.5. The van der Waals surface area contributed by atoms with Crippen LogP contribution in [0.25, 0.3) is 0 Å². The van der Waals surface area contributed by atoms with Crippen molar-refractivity contribution in [3.63, 3.8) is 0 Å². The van der Waals surface area contributed by atoms with E-state index in [4.69, 9.17) is 10.8 Å².